The number of nitrogens with zero attached hydrogens (tertiary/aromatic N) is 1. The van der Waals surface area contributed by atoms with Gasteiger partial charge in [-0.3, -0.25) is 4.79 Å². The van der Waals surface area contributed by atoms with Gasteiger partial charge >= 0.3 is 6.09 Å². The molecule has 132 valence electrons. The molecule has 0 saturated heterocycles. The van der Waals surface area contributed by atoms with Gasteiger partial charge in [-0.15, -0.1) is 11.3 Å². The summed E-state index contributed by atoms with van der Waals surface area (Å²) in [6.07, 6.45) is -0.645. The van der Waals surface area contributed by atoms with Crippen molar-refractivity contribution >= 4 is 28.5 Å². The number of ether oxygens (including phenoxy) is 1. The topological polar surface area (TPSA) is 80.3 Å². The van der Waals surface area contributed by atoms with Crippen molar-refractivity contribution in [1.29, 1.82) is 0 Å². The number of aromatic nitrogens is 1. The minimum Gasteiger partial charge on any atom is -0.445 e. The third-order valence-electron chi connectivity index (χ3n) is 3.43. The standard InChI is InChI=1S/C19H17N3O3S/c23-17(11-20-19(24)25-12-14-7-3-1-4-8-14)22-18-21-16(13-26-18)15-9-5-2-6-10-15/h1-10,13H,11-12H2,(H,20,24)(H,21,22,23). The molecule has 7 heteroatoms. The first kappa shape index (κ1) is 17.6. The van der Waals surface area contributed by atoms with Crippen LogP contribution < -0.4 is 10.6 Å². The molecule has 0 aliphatic rings. The van der Waals surface area contributed by atoms with Crippen LogP contribution in [0.15, 0.2) is 66.0 Å². The van der Waals surface area contributed by atoms with Gasteiger partial charge < -0.3 is 15.4 Å². The van der Waals surface area contributed by atoms with Crippen LogP contribution in [-0.4, -0.2) is 23.5 Å². The monoisotopic (exact) mass is 367 g/mol. The zero-order valence-electron chi connectivity index (χ0n) is 13.8. The van der Waals surface area contributed by atoms with Crippen molar-refractivity contribution in [3.8, 4) is 11.3 Å². The average Bonchev–Trinajstić information content (AvgIpc) is 3.15. The van der Waals surface area contributed by atoms with E-state index in [1.807, 2.05) is 66.0 Å². The highest BCUT2D eigenvalue weighted by atomic mass is 32.1. The summed E-state index contributed by atoms with van der Waals surface area (Å²) < 4.78 is 5.05. The summed E-state index contributed by atoms with van der Waals surface area (Å²) in [6, 6.07) is 19.0. The number of thiazole rings is 1. The van der Waals surface area contributed by atoms with Crippen molar-refractivity contribution in [2.45, 2.75) is 6.61 Å². The van der Waals surface area contributed by atoms with Crippen LogP contribution in [0, 0.1) is 0 Å². The van der Waals surface area contributed by atoms with Crippen molar-refractivity contribution in [1.82, 2.24) is 10.3 Å². The minimum absolute atomic E-state index is 0.154. The van der Waals surface area contributed by atoms with Gasteiger partial charge in [0.2, 0.25) is 5.91 Å². The molecule has 26 heavy (non-hydrogen) atoms. The van der Waals surface area contributed by atoms with Gasteiger partial charge in [0.1, 0.15) is 13.2 Å². The van der Waals surface area contributed by atoms with Crippen LogP contribution >= 0.6 is 11.3 Å². The Morgan fingerprint density at radius 2 is 1.69 bits per heavy atom. The van der Waals surface area contributed by atoms with E-state index in [9.17, 15) is 9.59 Å². The number of carbonyl (C=O) groups excluding carboxylic acids is 2. The summed E-state index contributed by atoms with van der Waals surface area (Å²) >= 11 is 1.33. The lowest BCUT2D eigenvalue weighted by Crippen LogP contribution is -2.33. The Morgan fingerprint density at radius 3 is 2.42 bits per heavy atom. The van der Waals surface area contributed by atoms with E-state index in [0.717, 1.165) is 16.8 Å². The molecule has 0 saturated carbocycles. The Hall–Kier alpha value is -3.19. The van der Waals surface area contributed by atoms with Gasteiger partial charge in [0.05, 0.1) is 5.69 Å². The highest BCUT2D eigenvalue weighted by molar-refractivity contribution is 7.14. The number of benzene rings is 2. The molecule has 0 unspecified atom stereocenters. The molecule has 0 radical (unpaired) electrons. The molecule has 2 aromatic carbocycles. The predicted octanol–water partition coefficient (Wildman–Crippen LogP) is 3.68. The SMILES string of the molecule is O=C(CNC(=O)OCc1ccccc1)Nc1nc(-c2ccccc2)cs1. The van der Waals surface area contributed by atoms with Gasteiger partial charge in [0.15, 0.2) is 5.13 Å². The average molecular weight is 367 g/mol. The summed E-state index contributed by atoms with van der Waals surface area (Å²) in [6.45, 7) is -0.0327. The van der Waals surface area contributed by atoms with Crippen LogP contribution in [-0.2, 0) is 16.1 Å². The molecule has 3 rings (SSSR count). The lowest BCUT2D eigenvalue weighted by Gasteiger charge is -2.06. The molecule has 0 bridgehead atoms. The highest BCUT2D eigenvalue weighted by Crippen LogP contribution is 2.24. The maximum absolute atomic E-state index is 11.9. The van der Waals surface area contributed by atoms with Gasteiger partial charge in [-0.05, 0) is 5.56 Å². The first-order chi connectivity index (χ1) is 12.7. The number of alkyl carbamates (subject to hydrolysis) is 1. The van der Waals surface area contributed by atoms with Gasteiger partial charge in [0.25, 0.3) is 0 Å². The number of hydrogen-bond donors (Lipinski definition) is 2. The highest BCUT2D eigenvalue weighted by Gasteiger charge is 2.10. The van der Waals surface area contributed by atoms with Gasteiger partial charge in [-0.1, -0.05) is 60.7 Å². The van der Waals surface area contributed by atoms with Gasteiger partial charge in [0, 0.05) is 10.9 Å². The number of rotatable bonds is 6. The van der Waals surface area contributed by atoms with Crippen molar-refractivity contribution in [3.05, 3.63) is 71.6 Å². The molecule has 1 heterocycles. The first-order valence-corrected chi connectivity index (χ1v) is 8.84. The Morgan fingerprint density at radius 1 is 1.00 bits per heavy atom. The number of carbonyl (C=O) groups is 2. The molecule has 3 aromatic rings. The molecule has 0 aliphatic carbocycles. The fourth-order valence-corrected chi connectivity index (χ4v) is 2.90. The lowest BCUT2D eigenvalue weighted by atomic mass is 10.2. The van der Waals surface area contributed by atoms with E-state index in [1.54, 1.807) is 0 Å². The van der Waals surface area contributed by atoms with Gasteiger partial charge in [-0.25, -0.2) is 9.78 Å². The summed E-state index contributed by atoms with van der Waals surface area (Å²) in [4.78, 5) is 27.9. The minimum atomic E-state index is -0.645. The first-order valence-electron chi connectivity index (χ1n) is 7.96. The Bertz CT molecular complexity index is 866. The third-order valence-corrected chi connectivity index (χ3v) is 4.18. The van der Waals surface area contributed by atoms with Crippen molar-refractivity contribution in [2.24, 2.45) is 0 Å². The number of hydrogen-bond acceptors (Lipinski definition) is 5. The van der Waals surface area contributed by atoms with Crippen molar-refractivity contribution < 1.29 is 14.3 Å². The van der Waals surface area contributed by atoms with E-state index < -0.39 is 6.09 Å². The molecule has 2 amide bonds. The summed E-state index contributed by atoms with van der Waals surface area (Å²) in [7, 11) is 0. The maximum Gasteiger partial charge on any atom is 0.407 e. The van der Waals surface area contributed by atoms with Crippen LogP contribution in [0.4, 0.5) is 9.93 Å². The smallest absolute Gasteiger partial charge is 0.407 e. The second kappa shape index (κ2) is 8.77. The zero-order chi connectivity index (χ0) is 18.2. The fraction of sp³-hybridized carbons (Fsp3) is 0.105. The quantitative estimate of drug-likeness (QED) is 0.696. The van der Waals surface area contributed by atoms with E-state index in [0.29, 0.717) is 5.13 Å². The van der Waals surface area contributed by atoms with E-state index >= 15 is 0 Å². The normalized spacial score (nSPS) is 10.2. The molecule has 0 aliphatic heterocycles. The molecule has 6 nitrogen and oxygen atoms in total. The fourth-order valence-electron chi connectivity index (χ4n) is 2.16. The van der Waals surface area contributed by atoms with Crippen molar-refractivity contribution in [2.75, 3.05) is 11.9 Å². The van der Waals surface area contributed by atoms with E-state index in [-0.39, 0.29) is 19.1 Å². The summed E-state index contributed by atoms with van der Waals surface area (Å²) in [5, 5.41) is 7.42. The molecule has 1 aromatic heterocycles. The van der Waals surface area contributed by atoms with Crippen molar-refractivity contribution in [3.63, 3.8) is 0 Å². The Kier molecular flexibility index (Phi) is 5.95. The molecular formula is C19H17N3O3S. The van der Waals surface area contributed by atoms with E-state index in [2.05, 4.69) is 15.6 Å². The predicted molar refractivity (Wildman–Crippen MR) is 101 cm³/mol. The second-order valence-electron chi connectivity index (χ2n) is 5.37. The molecule has 2 N–H and O–H groups in total. The maximum atomic E-state index is 11.9. The zero-order valence-corrected chi connectivity index (χ0v) is 14.7. The van der Waals surface area contributed by atoms with Gasteiger partial charge in [-0.2, -0.15) is 0 Å². The van der Waals surface area contributed by atoms with E-state index in [1.165, 1.54) is 11.3 Å². The second-order valence-corrected chi connectivity index (χ2v) is 6.23. The van der Waals surface area contributed by atoms with Crippen LogP contribution in [0.2, 0.25) is 0 Å². The van der Waals surface area contributed by atoms with Crippen LogP contribution in [0.1, 0.15) is 5.56 Å². The Balaban J connectivity index is 1.43. The molecular weight excluding hydrogens is 350 g/mol. The number of amides is 2. The Labute approximate surface area is 154 Å². The molecule has 0 atom stereocenters. The summed E-state index contributed by atoms with van der Waals surface area (Å²) in [5.41, 5.74) is 2.65. The molecule has 0 fully saturated rings. The largest absolute Gasteiger partial charge is 0.445 e. The third kappa shape index (κ3) is 5.15. The molecule has 0 spiro atoms. The van der Waals surface area contributed by atoms with E-state index in [4.69, 9.17) is 4.74 Å². The number of nitrogens with one attached hydrogen (secondary N) is 2. The van der Waals surface area contributed by atoms with Crippen LogP contribution in [0.3, 0.4) is 0 Å². The number of anilines is 1. The summed E-state index contributed by atoms with van der Waals surface area (Å²) in [5.74, 6) is -0.365. The lowest BCUT2D eigenvalue weighted by molar-refractivity contribution is -0.115. The van der Waals surface area contributed by atoms with Crippen LogP contribution in [0.5, 0.6) is 0 Å². The van der Waals surface area contributed by atoms with Crippen LogP contribution in [0.25, 0.3) is 11.3 Å².